The summed E-state index contributed by atoms with van der Waals surface area (Å²) in [6.07, 6.45) is 6.46. The number of carboxylic acids is 1. The molecular formula is C30H50O6. The summed E-state index contributed by atoms with van der Waals surface area (Å²) >= 11 is 0. The van der Waals surface area contributed by atoms with E-state index in [-0.39, 0.29) is 52.4 Å². The van der Waals surface area contributed by atoms with Gasteiger partial charge in [-0.05, 0) is 91.3 Å². The lowest BCUT2D eigenvalue weighted by atomic mass is 9.35. The average Bonchev–Trinajstić information content (AvgIpc) is 2.79. The fourth-order valence-electron chi connectivity index (χ4n) is 9.90. The molecule has 206 valence electrons. The number of aliphatic hydroxyl groups excluding tert-OH is 3. The highest BCUT2D eigenvalue weighted by Crippen LogP contribution is 2.74. The number of fused-ring (bicyclic) bond motifs is 5. The van der Waals surface area contributed by atoms with Crippen molar-refractivity contribution in [2.75, 3.05) is 6.61 Å². The third-order valence-corrected chi connectivity index (χ3v) is 12.6. The quantitative estimate of drug-likeness (QED) is 0.350. The zero-order chi connectivity index (χ0) is 27.1. The molecule has 3 saturated carbocycles. The van der Waals surface area contributed by atoms with Gasteiger partial charge in [0.25, 0.3) is 0 Å². The van der Waals surface area contributed by atoms with E-state index in [1.165, 1.54) is 5.57 Å². The van der Waals surface area contributed by atoms with E-state index in [2.05, 4.69) is 47.6 Å². The molecule has 10 atom stereocenters. The van der Waals surface area contributed by atoms with Crippen molar-refractivity contribution in [1.82, 2.24) is 0 Å². The van der Waals surface area contributed by atoms with Crippen LogP contribution in [-0.2, 0) is 4.79 Å². The third-order valence-electron chi connectivity index (χ3n) is 12.6. The maximum atomic E-state index is 11.7. The molecule has 0 amide bonds. The molecule has 3 fully saturated rings. The largest absolute Gasteiger partial charge is 0.481 e. The van der Waals surface area contributed by atoms with Crippen molar-refractivity contribution in [2.24, 2.45) is 44.8 Å². The SMILES string of the molecule is CC1(C)C[C@H]2C3=CC[C@@H]4[C@@](C)(CCC(=O)O)[C@H]([C@](C)(O)CO)CC[C@@]4(C)[C@]3(C)CC[C@@]2(C)[C@H](O)[C@@H]1O. The van der Waals surface area contributed by atoms with Gasteiger partial charge >= 0.3 is 5.97 Å². The van der Waals surface area contributed by atoms with Crippen molar-refractivity contribution in [1.29, 1.82) is 0 Å². The minimum absolute atomic E-state index is 0.0489. The van der Waals surface area contributed by atoms with Crippen LogP contribution in [0.25, 0.3) is 0 Å². The first-order valence-corrected chi connectivity index (χ1v) is 14.0. The summed E-state index contributed by atoms with van der Waals surface area (Å²) in [7, 11) is 0. The average molecular weight is 507 g/mol. The van der Waals surface area contributed by atoms with Crippen LogP contribution in [0, 0.1) is 44.8 Å². The number of carboxylic acid groups (broad SMARTS) is 1. The number of rotatable bonds is 5. The van der Waals surface area contributed by atoms with Gasteiger partial charge in [0.2, 0.25) is 0 Å². The van der Waals surface area contributed by atoms with Gasteiger partial charge in [-0.3, -0.25) is 4.79 Å². The Balaban J connectivity index is 1.81. The maximum Gasteiger partial charge on any atom is 0.303 e. The second-order valence-electron chi connectivity index (χ2n) is 14.8. The summed E-state index contributed by atoms with van der Waals surface area (Å²) in [6, 6.07) is 0. The molecule has 0 aromatic heterocycles. The minimum atomic E-state index is -1.27. The smallest absolute Gasteiger partial charge is 0.303 e. The van der Waals surface area contributed by atoms with Crippen LogP contribution in [0.4, 0.5) is 0 Å². The van der Waals surface area contributed by atoms with Crippen LogP contribution in [-0.4, -0.2) is 55.9 Å². The topological polar surface area (TPSA) is 118 Å². The molecule has 0 aromatic rings. The molecule has 0 spiro atoms. The highest BCUT2D eigenvalue weighted by molar-refractivity contribution is 5.66. The number of allylic oxidation sites excluding steroid dienone is 2. The van der Waals surface area contributed by atoms with Crippen molar-refractivity contribution in [3.63, 3.8) is 0 Å². The van der Waals surface area contributed by atoms with Gasteiger partial charge in [0.1, 0.15) is 0 Å². The lowest BCUT2D eigenvalue weighted by molar-refractivity contribution is -0.213. The van der Waals surface area contributed by atoms with E-state index in [9.17, 15) is 30.3 Å². The highest BCUT2D eigenvalue weighted by atomic mass is 16.4. The Morgan fingerprint density at radius 3 is 2.28 bits per heavy atom. The first-order valence-electron chi connectivity index (χ1n) is 14.0. The molecule has 0 unspecified atom stereocenters. The first kappa shape index (κ1) is 28.1. The number of hydrogen-bond acceptors (Lipinski definition) is 5. The number of carbonyl (C=O) groups is 1. The van der Waals surface area contributed by atoms with Gasteiger partial charge in [0, 0.05) is 11.8 Å². The standard InChI is InChI=1S/C30H50O6/c1-25(2)16-19-18-8-9-20-27(4,12-11-22(32)33)21(30(7,36)17-31)10-13-29(20,6)28(18,5)15-14-26(19,3)24(35)23(25)34/h8,19-21,23-24,31,34-36H,9-17H2,1-7H3,(H,32,33)/t19-,20+,21+,23-,24+,26+,27+,28+,29+,30+/m0/s1. The normalized spacial score (nSPS) is 49.6. The van der Waals surface area contributed by atoms with Crippen molar-refractivity contribution in [3.8, 4) is 0 Å². The highest BCUT2D eigenvalue weighted by Gasteiger charge is 2.68. The van der Waals surface area contributed by atoms with Crippen LogP contribution >= 0.6 is 0 Å². The fraction of sp³-hybridized carbons (Fsp3) is 0.900. The monoisotopic (exact) mass is 506 g/mol. The molecule has 5 N–H and O–H groups in total. The lowest BCUT2D eigenvalue weighted by Crippen LogP contribution is -2.66. The summed E-state index contributed by atoms with van der Waals surface area (Å²) in [5.41, 5.74) is -1.25. The van der Waals surface area contributed by atoms with Gasteiger partial charge in [-0.15, -0.1) is 0 Å². The molecule has 6 nitrogen and oxygen atoms in total. The lowest BCUT2D eigenvalue weighted by Gasteiger charge is -2.70. The molecular weight excluding hydrogens is 456 g/mol. The van der Waals surface area contributed by atoms with Crippen molar-refractivity contribution >= 4 is 5.97 Å². The summed E-state index contributed by atoms with van der Waals surface area (Å²) in [4.78, 5) is 11.7. The van der Waals surface area contributed by atoms with Gasteiger partial charge in [0.05, 0.1) is 24.4 Å². The Bertz CT molecular complexity index is 924. The number of aliphatic hydroxyl groups is 4. The Morgan fingerprint density at radius 2 is 1.69 bits per heavy atom. The van der Waals surface area contributed by atoms with Gasteiger partial charge in [0.15, 0.2) is 0 Å². The van der Waals surface area contributed by atoms with Gasteiger partial charge < -0.3 is 25.5 Å². The second-order valence-corrected chi connectivity index (χ2v) is 14.8. The molecule has 6 heteroatoms. The Morgan fingerprint density at radius 1 is 1.06 bits per heavy atom. The van der Waals surface area contributed by atoms with E-state index in [1.54, 1.807) is 6.92 Å². The Kier molecular flexibility index (Phi) is 6.65. The zero-order valence-electron chi connectivity index (χ0n) is 23.5. The van der Waals surface area contributed by atoms with E-state index in [0.29, 0.717) is 6.42 Å². The van der Waals surface area contributed by atoms with E-state index >= 15 is 0 Å². The first-order chi connectivity index (χ1) is 16.4. The summed E-state index contributed by atoms with van der Waals surface area (Å²) < 4.78 is 0. The van der Waals surface area contributed by atoms with E-state index in [4.69, 9.17) is 0 Å². The third kappa shape index (κ3) is 3.68. The number of hydrogen-bond donors (Lipinski definition) is 5. The van der Waals surface area contributed by atoms with E-state index in [0.717, 1.165) is 38.5 Å². The molecule has 0 saturated heterocycles. The van der Waals surface area contributed by atoms with Gasteiger partial charge in [-0.25, -0.2) is 0 Å². The molecule has 0 bridgehead atoms. The maximum absolute atomic E-state index is 11.7. The predicted octanol–water partition coefficient (Wildman–Crippen LogP) is 4.54. The zero-order valence-corrected chi connectivity index (χ0v) is 23.5. The molecule has 4 aliphatic rings. The minimum Gasteiger partial charge on any atom is -0.481 e. The summed E-state index contributed by atoms with van der Waals surface area (Å²) in [5.74, 6) is -0.655. The predicted molar refractivity (Wildman–Crippen MR) is 139 cm³/mol. The Hall–Kier alpha value is -0.950. The molecule has 0 radical (unpaired) electrons. The van der Waals surface area contributed by atoms with Crippen molar-refractivity contribution < 1.29 is 30.3 Å². The number of aliphatic carboxylic acids is 1. The summed E-state index contributed by atoms with van der Waals surface area (Å²) in [6.45, 7) is 14.6. The van der Waals surface area contributed by atoms with Crippen LogP contribution < -0.4 is 0 Å². The van der Waals surface area contributed by atoms with Gasteiger partial charge in [-0.2, -0.15) is 0 Å². The molecule has 0 aliphatic heterocycles. The van der Waals surface area contributed by atoms with Crippen molar-refractivity contribution in [3.05, 3.63) is 11.6 Å². The van der Waals surface area contributed by atoms with Crippen LogP contribution in [0.15, 0.2) is 11.6 Å². The second kappa shape index (κ2) is 8.53. The van der Waals surface area contributed by atoms with E-state index in [1.807, 2.05) is 0 Å². The summed E-state index contributed by atoms with van der Waals surface area (Å²) in [5, 5.41) is 53.2. The van der Waals surface area contributed by atoms with Crippen LogP contribution in [0.3, 0.4) is 0 Å². The van der Waals surface area contributed by atoms with Crippen LogP contribution in [0.1, 0.15) is 99.8 Å². The molecule has 36 heavy (non-hydrogen) atoms. The molecule has 0 aromatic carbocycles. The van der Waals surface area contributed by atoms with Crippen molar-refractivity contribution in [2.45, 2.75) is 118 Å². The van der Waals surface area contributed by atoms with Crippen LogP contribution in [0.2, 0.25) is 0 Å². The Labute approximate surface area is 217 Å². The van der Waals surface area contributed by atoms with E-state index < -0.39 is 29.2 Å². The molecule has 0 heterocycles. The van der Waals surface area contributed by atoms with Crippen LogP contribution in [0.5, 0.6) is 0 Å². The molecule has 4 aliphatic carbocycles. The molecule has 4 rings (SSSR count). The fourth-order valence-corrected chi connectivity index (χ4v) is 9.90. The van der Waals surface area contributed by atoms with Gasteiger partial charge in [-0.1, -0.05) is 53.2 Å².